The Morgan fingerprint density at radius 2 is 1.58 bits per heavy atom. The van der Waals surface area contributed by atoms with Crippen LogP contribution in [0.2, 0.25) is 0 Å². The number of nitrogens with one attached hydrogen (secondary N) is 1. The minimum absolute atomic E-state index is 0.289. The molecule has 2 aromatic rings. The van der Waals surface area contributed by atoms with E-state index in [4.69, 9.17) is 5.73 Å². The monoisotopic (exact) mass is 323 g/mol. The molecule has 1 aliphatic rings. The molecule has 1 fully saturated rings. The van der Waals surface area contributed by atoms with E-state index >= 15 is 0 Å². The number of hydrogen-bond donors (Lipinski definition) is 2. The van der Waals surface area contributed by atoms with Crippen molar-refractivity contribution in [2.75, 3.05) is 6.54 Å². The van der Waals surface area contributed by atoms with Crippen molar-refractivity contribution in [2.45, 2.75) is 12.0 Å². The fraction of sp³-hybridized carbons (Fsp3) is 0.167. The molecule has 1 heterocycles. The lowest BCUT2D eigenvalue weighted by molar-refractivity contribution is -0.134. The molecule has 0 aliphatic carbocycles. The third-order valence-electron chi connectivity index (χ3n) is 4.07. The summed E-state index contributed by atoms with van der Waals surface area (Å²) in [6.07, 6.45) is 0.289. The van der Waals surface area contributed by atoms with Crippen molar-refractivity contribution in [1.82, 2.24) is 10.2 Å². The summed E-state index contributed by atoms with van der Waals surface area (Å²) in [7, 11) is 0. The summed E-state index contributed by atoms with van der Waals surface area (Å²) < 4.78 is 0. The summed E-state index contributed by atoms with van der Waals surface area (Å²) in [6.45, 7) is -0.436. The smallest absolute Gasteiger partial charge is 0.325 e. The van der Waals surface area contributed by atoms with E-state index in [1.165, 1.54) is 0 Å². The summed E-state index contributed by atoms with van der Waals surface area (Å²) in [4.78, 5) is 37.4. The zero-order valence-electron chi connectivity index (χ0n) is 12.9. The Hall–Kier alpha value is -3.15. The zero-order valence-corrected chi connectivity index (χ0v) is 12.9. The molecule has 122 valence electrons. The predicted molar refractivity (Wildman–Crippen MR) is 87.7 cm³/mol. The Kier molecular flexibility index (Phi) is 4.04. The molecule has 24 heavy (non-hydrogen) atoms. The molecule has 0 unspecified atom stereocenters. The second-order valence-corrected chi connectivity index (χ2v) is 5.72. The van der Waals surface area contributed by atoms with Crippen molar-refractivity contribution in [3.05, 3.63) is 71.8 Å². The van der Waals surface area contributed by atoms with Crippen molar-refractivity contribution >= 4 is 17.8 Å². The minimum atomic E-state index is -1.24. The molecule has 0 aromatic heterocycles. The van der Waals surface area contributed by atoms with Crippen LogP contribution in [0.3, 0.4) is 0 Å². The highest BCUT2D eigenvalue weighted by atomic mass is 16.2. The number of nitrogens with zero attached hydrogens (tertiary/aromatic N) is 1. The van der Waals surface area contributed by atoms with Gasteiger partial charge in [-0.3, -0.25) is 14.5 Å². The first-order valence-corrected chi connectivity index (χ1v) is 7.55. The highest BCUT2D eigenvalue weighted by Gasteiger charge is 2.52. The molecule has 0 saturated carbocycles. The second kappa shape index (κ2) is 6.16. The van der Waals surface area contributed by atoms with Crippen molar-refractivity contribution < 1.29 is 14.4 Å². The van der Waals surface area contributed by atoms with E-state index in [0.29, 0.717) is 5.56 Å². The van der Waals surface area contributed by atoms with E-state index in [1.807, 2.05) is 36.4 Å². The van der Waals surface area contributed by atoms with E-state index < -0.39 is 29.9 Å². The molecule has 4 amide bonds. The maximum absolute atomic E-state index is 13.0. The maximum Gasteiger partial charge on any atom is 0.325 e. The number of nitrogens with two attached hydrogens (primary N) is 1. The van der Waals surface area contributed by atoms with Gasteiger partial charge in [-0.25, -0.2) is 4.79 Å². The summed E-state index contributed by atoms with van der Waals surface area (Å²) >= 11 is 0. The number of rotatable bonds is 5. The van der Waals surface area contributed by atoms with E-state index in [2.05, 4.69) is 5.32 Å². The standard InChI is InChI=1S/C18H17N3O3/c19-15(22)12-21-16(23)18(20-17(21)24,14-9-5-2-6-10-14)11-13-7-3-1-4-8-13/h1-10H,11-12H2,(H2,19,22)(H,20,24)/t18-/m1/s1. The predicted octanol–water partition coefficient (Wildman–Crippen LogP) is 1.16. The highest BCUT2D eigenvalue weighted by molar-refractivity contribution is 6.09. The van der Waals surface area contributed by atoms with Crippen LogP contribution in [0.5, 0.6) is 0 Å². The molecule has 3 N–H and O–H groups in total. The summed E-state index contributed by atoms with van der Waals surface area (Å²) in [5.74, 6) is -1.21. The number of imide groups is 1. The Balaban J connectivity index is 2.05. The lowest BCUT2D eigenvalue weighted by Crippen LogP contribution is -2.46. The van der Waals surface area contributed by atoms with Gasteiger partial charge in [-0.1, -0.05) is 60.7 Å². The molecule has 0 bridgehead atoms. The molecule has 1 aliphatic heterocycles. The van der Waals surface area contributed by atoms with Gasteiger partial charge >= 0.3 is 6.03 Å². The molecular formula is C18H17N3O3. The summed E-state index contributed by atoms with van der Waals surface area (Å²) in [5, 5.41) is 2.77. The van der Waals surface area contributed by atoms with Crippen molar-refractivity contribution in [1.29, 1.82) is 0 Å². The fourth-order valence-electron chi connectivity index (χ4n) is 2.97. The largest absolute Gasteiger partial charge is 0.368 e. The van der Waals surface area contributed by atoms with Gasteiger partial charge in [0.05, 0.1) is 0 Å². The van der Waals surface area contributed by atoms with E-state index in [1.54, 1.807) is 24.3 Å². The maximum atomic E-state index is 13.0. The molecule has 3 rings (SSSR count). The van der Waals surface area contributed by atoms with E-state index in [-0.39, 0.29) is 6.42 Å². The minimum Gasteiger partial charge on any atom is -0.368 e. The molecular weight excluding hydrogens is 306 g/mol. The van der Waals surface area contributed by atoms with E-state index in [0.717, 1.165) is 10.5 Å². The number of carbonyl (C=O) groups is 3. The molecule has 1 atom stereocenters. The molecule has 6 nitrogen and oxygen atoms in total. The molecule has 2 aromatic carbocycles. The third kappa shape index (κ3) is 2.74. The summed E-state index contributed by atoms with van der Waals surface area (Å²) in [6, 6.07) is 17.8. The van der Waals surface area contributed by atoms with Gasteiger partial charge < -0.3 is 11.1 Å². The van der Waals surface area contributed by atoms with Gasteiger partial charge in [-0.15, -0.1) is 0 Å². The van der Waals surface area contributed by atoms with Crippen LogP contribution < -0.4 is 11.1 Å². The molecule has 0 radical (unpaired) electrons. The average molecular weight is 323 g/mol. The van der Waals surface area contributed by atoms with Crippen LogP contribution in [0, 0.1) is 0 Å². The zero-order chi connectivity index (χ0) is 17.2. The van der Waals surface area contributed by atoms with Gasteiger partial charge in [-0.2, -0.15) is 0 Å². The average Bonchev–Trinajstić information content (AvgIpc) is 2.81. The van der Waals surface area contributed by atoms with Gasteiger partial charge in [0.1, 0.15) is 6.54 Å². The summed E-state index contributed by atoms with van der Waals surface area (Å²) in [5.41, 5.74) is 5.49. The SMILES string of the molecule is NC(=O)CN1C(=O)N[C@](Cc2ccccc2)(c2ccccc2)C1=O. The highest BCUT2D eigenvalue weighted by Crippen LogP contribution is 2.32. The molecule has 1 saturated heterocycles. The van der Waals surface area contributed by atoms with Gasteiger partial charge in [0, 0.05) is 6.42 Å². The Labute approximate surface area is 139 Å². The number of urea groups is 1. The topological polar surface area (TPSA) is 92.5 Å². The van der Waals surface area contributed by atoms with Gasteiger partial charge in [0.25, 0.3) is 5.91 Å². The number of benzene rings is 2. The van der Waals surface area contributed by atoms with Gasteiger partial charge in [-0.05, 0) is 11.1 Å². The van der Waals surface area contributed by atoms with Crippen molar-refractivity contribution in [2.24, 2.45) is 5.73 Å². The number of primary amides is 1. The van der Waals surface area contributed by atoms with Crippen LogP contribution in [0.15, 0.2) is 60.7 Å². The number of hydrogen-bond acceptors (Lipinski definition) is 3. The fourth-order valence-corrected chi connectivity index (χ4v) is 2.97. The van der Waals surface area contributed by atoms with Crippen LogP contribution >= 0.6 is 0 Å². The number of carbonyl (C=O) groups excluding carboxylic acids is 3. The van der Waals surface area contributed by atoms with Crippen LogP contribution in [0.25, 0.3) is 0 Å². The first-order chi connectivity index (χ1) is 11.5. The van der Waals surface area contributed by atoms with Crippen LogP contribution in [0.4, 0.5) is 4.79 Å². The quantitative estimate of drug-likeness (QED) is 0.809. The van der Waals surface area contributed by atoms with Crippen molar-refractivity contribution in [3.63, 3.8) is 0 Å². The lowest BCUT2D eigenvalue weighted by atomic mass is 9.83. The van der Waals surface area contributed by atoms with Gasteiger partial charge in [0.15, 0.2) is 5.54 Å². The van der Waals surface area contributed by atoms with Crippen LogP contribution in [0.1, 0.15) is 11.1 Å². The first kappa shape index (κ1) is 15.7. The Morgan fingerprint density at radius 1 is 1.00 bits per heavy atom. The Morgan fingerprint density at radius 3 is 2.17 bits per heavy atom. The second-order valence-electron chi connectivity index (χ2n) is 5.72. The Bertz CT molecular complexity index is 777. The van der Waals surface area contributed by atoms with E-state index in [9.17, 15) is 14.4 Å². The normalized spacial score (nSPS) is 20.1. The third-order valence-corrected chi connectivity index (χ3v) is 4.07. The number of amides is 4. The molecule has 0 spiro atoms. The molecule has 6 heteroatoms. The van der Waals surface area contributed by atoms with Crippen LogP contribution in [-0.2, 0) is 21.5 Å². The lowest BCUT2D eigenvalue weighted by Gasteiger charge is -2.27. The van der Waals surface area contributed by atoms with Crippen molar-refractivity contribution in [3.8, 4) is 0 Å². The van der Waals surface area contributed by atoms with Crippen LogP contribution in [-0.4, -0.2) is 29.3 Å². The first-order valence-electron chi connectivity index (χ1n) is 7.55. The van der Waals surface area contributed by atoms with Gasteiger partial charge in [0.2, 0.25) is 5.91 Å².